The standard InChI is InChI=1S/C12H19N5O2/c1-9-5-10(17(18)19)7-14-12(9)16-4-3-15(2)8-11(16)6-13/h5,7,11H,3-4,6,8,13H2,1-2H3. The van der Waals surface area contributed by atoms with E-state index in [1.165, 1.54) is 6.20 Å². The van der Waals surface area contributed by atoms with Crippen molar-refractivity contribution in [3.63, 3.8) is 0 Å². The molecule has 0 saturated carbocycles. The van der Waals surface area contributed by atoms with Crippen LogP contribution in [0.4, 0.5) is 11.5 Å². The van der Waals surface area contributed by atoms with Gasteiger partial charge in [0, 0.05) is 32.2 Å². The van der Waals surface area contributed by atoms with Crippen LogP contribution in [0.15, 0.2) is 12.3 Å². The van der Waals surface area contributed by atoms with Gasteiger partial charge in [-0.05, 0) is 19.5 Å². The van der Waals surface area contributed by atoms with E-state index < -0.39 is 4.92 Å². The first-order chi connectivity index (χ1) is 9.02. The molecule has 0 aromatic carbocycles. The summed E-state index contributed by atoms with van der Waals surface area (Å²) in [5.41, 5.74) is 6.66. The van der Waals surface area contributed by atoms with Crippen molar-refractivity contribution >= 4 is 11.5 Å². The molecular formula is C12H19N5O2. The number of rotatable bonds is 3. The van der Waals surface area contributed by atoms with Gasteiger partial charge in [0.2, 0.25) is 0 Å². The Morgan fingerprint density at radius 2 is 2.32 bits per heavy atom. The zero-order valence-electron chi connectivity index (χ0n) is 11.2. The van der Waals surface area contributed by atoms with Crippen LogP contribution in [0.1, 0.15) is 5.56 Å². The van der Waals surface area contributed by atoms with Gasteiger partial charge >= 0.3 is 0 Å². The maximum Gasteiger partial charge on any atom is 0.287 e. The van der Waals surface area contributed by atoms with Crippen molar-refractivity contribution in [2.75, 3.05) is 38.1 Å². The molecule has 2 N–H and O–H groups in total. The summed E-state index contributed by atoms with van der Waals surface area (Å²) in [6.45, 7) is 5.05. The molecule has 1 fully saturated rings. The molecule has 0 spiro atoms. The van der Waals surface area contributed by atoms with E-state index in [9.17, 15) is 10.1 Å². The number of piperazine rings is 1. The predicted octanol–water partition coefficient (Wildman–Crippen LogP) is 0.377. The van der Waals surface area contributed by atoms with E-state index in [-0.39, 0.29) is 11.7 Å². The van der Waals surface area contributed by atoms with E-state index >= 15 is 0 Å². The monoisotopic (exact) mass is 265 g/mol. The van der Waals surface area contributed by atoms with Crippen LogP contribution in [-0.2, 0) is 0 Å². The van der Waals surface area contributed by atoms with Gasteiger partial charge in [-0.1, -0.05) is 0 Å². The SMILES string of the molecule is Cc1cc([N+](=O)[O-])cnc1N1CCN(C)CC1CN. The molecule has 1 atom stereocenters. The smallest absolute Gasteiger partial charge is 0.287 e. The zero-order valence-corrected chi connectivity index (χ0v) is 11.2. The highest BCUT2D eigenvalue weighted by molar-refractivity contribution is 5.51. The molecule has 0 aliphatic carbocycles. The summed E-state index contributed by atoms with van der Waals surface area (Å²) < 4.78 is 0. The van der Waals surface area contributed by atoms with Crippen molar-refractivity contribution in [3.05, 3.63) is 27.9 Å². The van der Waals surface area contributed by atoms with Crippen LogP contribution < -0.4 is 10.6 Å². The summed E-state index contributed by atoms with van der Waals surface area (Å²) >= 11 is 0. The minimum absolute atomic E-state index is 0.0275. The van der Waals surface area contributed by atoms with E-state index in [2.05, 4.69) is 21.8 Å². The van der Waals surface area contributed by atoms with Gasteiger partial charge < -0.3 is 15.5 Å². The number of nitrogens with zero attached hydrogens (tertiary/aromatic N) is 4. The first kappa shape index (κ1) is 13.7. The minimum atomic E-state index is -0.422. The molecule has 0 amide bonds. The van der Waals surface area contributed by atoms with Gasteiger partial charge in [0.05, 0.1) is 11.0 Å². The number of hydrogen-bond acceptors (Lipinski definition) is 6. The van der Waals surface area contributed by atoms with E-state index in [1.807, 2.05) is 6.92 Å². The van der Waals surface area contributed by atoms with E-state index in [4.69, 9.17) is 5.73 Å². The quantitative estimate of drug-likeness (QED) is 0.627. The van der Waals surface area contributed by atoms with Crippen LogP contribution in [0.3, 0.4) is 0 Å². The number of nitro groups is 1. The summed E-state index contributed by atoms with van der Waals surface area (Å²) in [5, 5.41) is 10.7. The topological polar surface area (TPSA) is 88.5 Å². The van der Waals surface area contributed by atoms with Crippen molar-refractivity contribution in [2.24, 2.45) is 5.73 Å². The van der Waals surface area contributed by atoms with Crippen molar-refractivity contribution < 1.29 is 4.92 Å². The van der Waals surface area contributed by atoms with Crippen LogP contribution >= 0.6 is 0 Å². The second-order valence-corrected chi connectivity index (χ2v) is 4.94. The Kier molecular flexibility index (Phi) is 3.96. The Bertz CT molecular complexity index is 479. The summed E-state index contributed by atoms with van der Waals surface area (Å²) in [4.78, 5) is 18.9. The van der Waals surface area contributed by atoms with Gasteiger partial charge in [-0.2, -0.15) is 0 Å². The van der Waals surface area contributed by atoms with Crippen molar-refractivity contribution in [1.29, 1.82) is 0 Å². The highest BCUT2D eigenvalue weighted by Crippen LogP contribution is 2.24. The van der Waals surface area contributed by atoms with E-state index in [1.54, 1.807) is 6.07 Å². The second-order valence-electron chi connectivity index (χ2n) is 4.94. The molecule has 1 aromatic rings. The third kappa shape index (κ3) is 2.82. The van der Waals surface area contributed by atoms with Gasteiger partial charge in [0.1, 0.15) is 12.0 Å². The lowest BCUT2D eigenvalue weighted by atomic mass is 10.1. The third-order valence-corrected chi connectivity index (χ3v) is 3.48. The van der Waals surface area contributed by atoms with Gasteiger partial charge in [-0.25, -0.2) is 4.98 Å². The largest absolute Gasteiger partial charge is 0.350 e. The average Bonchev–Trinajstić information content (AvgIpc) is 2.38. The van der Waals surface area contributed by atoms with Crippen LogP contribution in [0.2, 0.25) is 0 Å². The predicted molar refractivity (Wildman–Crippen MR) is 73.3 cm³/mol. The lowest BCUT2D eigenvalue weighted by Gasteiger charge is -2.40. The van der Waals surface area contributed by atoms with Gasteiger partial charge in [-0.15, -0.1) is 0 Å². The van der Waals surface area contributed by atoms with Crippen molar-refractivity contribution in [2.45, 2.75) is 13.0 Å². The number of anilines is 1. The van der Waals surface area contributed by atoms with Gasteiger partial charge in [0.25, 0.3) is 5.69 Å². The number of hydrogen-bond donors (Lipinski definition) is 1. The van der Waals surface area contributed by atoms with Crippen molar-refractivity contribution in [1.82, 2.24) is 9.88 Å². The van der Waals surface area contributed by atoms with E-state index in [0.717, 1.165) is 31.0 Å². The molecule has 2 heterocycles. The molecule has 7 heteroatoms. The molecule has 2 rings (SSSR count). The molecule has 104 valence electrons. The second kappa shape index (κ2) is 5.50. The van der Waals surface area contributed by atoms with E-state index in [0.29, 0.717) is 6.54 Å². The Labute approximate surface area is 112 Å². The van der Waals surface area contributed by atoms with Crippen LogP contribution in [-0.4, -0.2) is 54.1 Å². The van der Waals surface area contributed by atoms with Gasteiger partial charge in [-0.3, -0.25) is 10.1 Å². The Morgan fingerprint density at radius 3 is 2.89 bits per heavy atom. The molecule has 0 bridgehead atoms. The lowest BCUT2D eigenvalue weighted by molar-refractivity contribution is -0.385. The molecule has 19 heavy (non-hydrogen) atoms. The summed E-state index contributed by atoms with van der Waals surface area (Å²) in [5.74, 6) is 0.800. The maximum atomic E-state index is 10.7. The lowest BCUT2D eigenvalue weighted by Crippen LogP contribution is -2.55. The van der Waals surface area contributed by atoms with Crippen LogP contribution in [0.5, 0.6) is 0 Å². The molecule has 0 radical (unpaired) electrons. The molecule has 1 aromatic heterocycles. The Balaban J connectivity index is 2.28. The molecule has 1 saturated heterocycles. The fourth-order valence-electron chi connectivity index (χ4n) is 2.44. The molecular weight excluding hydrogens is 246 g/mol. The zero-order chi connectivity index (χ0) is 14.0. The maximum absolute atomic E-state index is 10.7. The number of aryl methyl sites for hydroxylation is 1. The summed E-state index contributed by atoms with van der Waals surface area (Å²) in [6, 6.07) is 1.76. The third-order valence-electron chi connectivity index (χ3n) is 3.48. The van der Waals surface area contributed by atoms with Crippen LogP contribution in [0.25, 0.3) is 0 Å². The summed E-state index contributed by atoms with van der Waals surface area (Å²) in [6.07, 6.45) is 1.31. The fraction of sp³-hybridized carbons (Fsp3) is 0.583. The van der Waals surface area contributed by atoms with Gasteiger partial charge in [0.15, 0.2) is 0 Å². The first-order valence-electron chi connectivity index (χ1n) is 6.29. The van der Waals surface area contributed by atoms with Crippen molar-refractivity contribution in [3.8, 4) is 0 Å². The molecule has 7 nitrogen and oxygen atoms in total. The Hall–Kier alpha value is -1.73. The fourth-order valence-corrected chi connectivity index (χ4v) is 2.44. The minimum Gasteiger partial charge on any atom is -0.350 e. The number of likely N-dealkylation sites (N-methyl/N-ethyl adjacent to an activating group) is 1. The first-order valence-corrected chi connectivity index (χ1v) is 6.29. The molecule has 1 aliphatic heterocycles. The highest BCUT2D eigenvalue weighted by Gasteiger charge is 2.26. The average molecular weight is 265 g/mol. The number of aromatic nitrogens is 1. The number of nitrogens with two attached hydrogens (primary N) is 1. The number of pyridine rings is 1. The molecule has 1 unspecified atom stereocenters. The normalized spacial score (nSPS) is 20.6. The van der Waals surface area contributed by atoms with Crippen LogP contribution in [0, 0.1) is 17.0 Å². The highest BCUT2D eigenvalue weighted by atomic mass is 16.6. The molecule has 1 aliphatic rings. The Morgan fingerprint density at radius 1 is 1.58 bits per heavy atom. The summed E-state index contributed by atoms with van der Waals surface area (Å²) in [7, 11) is 2.07.